The van der Waals surface area contributed by atoms with Gasteiger partial charge in [0.2, 0.25) is 5.91 Å². The Balaban J connectivity index is 2.05. The standard InChI is InChI=1S/C11H19NO2/c1-11(2)9(7-10(13)12-11)8-3-5-14-6-4-8/h8-9H,3-7H2,1-2H3,(H,12,13). The van der Waals surface area contributed by atoms with E-state index in [1.807, 2.05) is 0 Å². The van der Waals surface area contributed by atoms with Crippen LogP contribution in [-0.4, -0.2) is 24.7 Å². The van der Waals surface area contributed by atoms with Gasteiger partial charge >= 0.3 is 0 Å². The summed E-state index contributed by atoms with van der Waals surface area (Å²) >= 11 is 0. The van der Waals surface area contributed by atoms with Crippen LogP contribution >= 0.6 is 0 Å². The lowest BCUT2D eigenvalue weighted by molar-refractivity contribution is -0.119. The molecule has 0 aromatic heterocycles. The molecule has 2 aliphatic rings. The van der Waals surface area contributed by atoms with Gasteiger partial charge in [-0.05, 0) is 38.5 Å². The molecule has 2 saturated heterocycles. The molecule has 1 N–H and O–H groups in total. The van der Waals surface area contributed by atoms with Gasteiger partial charge in [-0.2, -0.15) is 0 Å². The summed E-state index contributed by atoms with van der Waals surface area (Å²) in [6, 6.07) is 0. The first-order chi connectivity index (χ1) is 6.59. The van der Waals surface area contributed by atoms with Crippen molar-refractivity contribution in [3.63, 3.8) is 0 Å². The maximum atomic E-state index is 11.4. The summed E-state index contributed by atoms with van der Waals surface area (Å²) in [6.45, 7) is 6.01. The van der Waals surface area contributed by atoms with Crippen LogP contribution in [0.4, 0.5) is 0 Å². The molecule has 1 amide bonds. The van der Waals surface area contributed by atoms with Crippen LogP contribution in [0.3, 0.4) is 0 Å². The van der Waals surface area contributed by atoms with E-state index < -0.39 is 0 Å². The van der Waals surface area contributed by atoms with E-state index in [9.17, 15) is 4.79 Å². The molecule has 0 spiro atoms. The Bertz CT molecular complexity index is 231. The Morgan fingerprint density at radius 1 is 1.36 bits per heavy atom. The monoisotopic (exact) mass is 197 g/mol. The Morgan fingerprint density at radius 3 is 2.50 bits per heavy atom. The van der Waals surface area contributed by atoms with Crippen molar-refractivity contribution in [2.24, 2.45) is 11.8 Å². The third kappa shape index (κ3) is 1.78. The number of hydrogen-bond donors (Lipinski definition) is 1. The van der Waals surface area contributed by atoms with E-state index >= 15 is 0 Å². The van der Waals surface area contributed by atoms with Crippen LogP contribution in [0.1, 0.15) is 33.1 Å². The number of hydrogen-bond acceptors (Lipinski definition) is 2. The fraction of sp³-hybridized carbons (Fsp3) is 0.909. The van der Waals surface area contributed by atoms with Gasteiger partial charge in [0, 0.05) is 25.2 Å². The highest BCUT2D eigenvalue weighted by Gasteiger charge is 2.43. The molecule has 1 atom stereocenters. The van der Waals surface area contributed by atoms with Gasteiger partial charge in [-0.25, -0.2) is 0 Å². The average Bonchev–Trinajstić information content (AvgIpc) is 2.41. The minimum absolute atomic E-state index is 0.0148. The number of ether oxygens (including phenoxy) is 1. The molecule has 2 fully saturated rings. The SMILES string of the molecule is CC1(C)NC(=O)CC1C1CCOCC1. The molecule has 3 nitrogen and oxygen atoms in total. The van der Waals surface area contributed by atoms with Gasteiger partial charge < -0.3 is 10.1 Å². The van der Waals surface area contributed by atoms with Gasteiger partial charge in [0.25, 0.3) is 0 Å². The van der Waals surface area contributed by atoms with Crippen molar-refractivity contribution < 1.29 is 9.53 Å². The van der Waals surface area contributed by atoms with Crippen molar-refractivity contribution in [2.75, 3.05) is 13.2 Å². The fourth-order valence-electron chi connectivity index (χ4n) is 2.83. The van der Waals surface area contributed by atoms with E-state index in [4.69, 9.17) is 4.74 Å². The summed E-state index contributed by atoms with van der Waals surface area (Å²) in [5.74, 6) is 1.38. The topological polar surface area (TPSA) is 38.3 Å². The molecular weight excluding hydrogens is 178 g/mol. The summed E-state index contributed by atoms with van der Waals surface area (Å²) < 4.78 is 5.35. The van der Waals surface area contributed by atoms with Crippen LogP contribution in [0.15, 0.2) is 0 Å². The Kier molecular flexibility index (Phi) is 2.52. The van der Waals surface area contributed by atoms with E-state index in [0.717, 1.165) is 26.1 Å². The normalized spacial score (nSPS) is 33.0. The second-order valence-electron chi connectivity index (χ2n) is 5.03. The van der Waals surface area contributed by atoms with Crippen LogP contribution in [0.25, 0.3) is 0 Å². The molecule has 2 rings (SSSR count). The van der Waals surface area contributed by atoms with Crippen LogP contribution < -0.4 is 5.32 Å². The van der Waals surface area contributed by atoms with Gasteiger partial charge in [0.05, 0.1) is 0 Å². The summed E-state index contributed by atoms with van der Waals surface area (Å²) in [7, 11) is 0. The van der Waals surface area contributed by atoms with Crippen LogP contribution in [0.2, 0.25) is 0 Å². The van der Waals surface area contributed by atoms with Crippen molar-refractivity contribution in [3.8, 4) is 0 Å². The zero-order valence-corrected chi connectivity index (χ0v) is 9.01. The van der Waals surface area contributed by atoms with Crippen LogP contribution in [-0.2, 0) is 9.53 Å². The zero-order valence-electron chi connectivity index (χ0n) is 9.01. The first-order valence-corrected chi connectivity index (χ1v) is 5.48. The molecule has 2 heterocycles. The lowest BCUT2D eigenvalue weighted by atomic mass is 9.75. The van der Waals surface area contributed by atoms with E-state index in [0.29, 0.717) is 18.3 Å². The predicted octanol–water partition coefficient (Wildman–Crippen LogP) is 1.33. The first kappa shape index (κ1) is 9.97. The van der Waals surface area contributed by atoms with Gasteiger partial charge in [-0.1, -0.05) is 0 Å². The molecular formula is C11H19NO2. The predicted molar refractivity (Wildman–Crippen MR) is 53.9 cm³/mol. The van der Waals surface area contributed by atoms with Crippen LogP contribution in [0.5, 0.6) is 0 Å². The van der Waals surface area contributed by atoms with Gasteiger partial charge in [0.1, 0.15) is 0 Å². The van der Waals surface area contributed by atoms with Crippen molar-refractivity contribution >= 4 is 5.91 Å². The molecule has 0 radical (unpaired) electrons. The molecule has 0 saturated carbocycles. The molecule has 0 aliphatic carbocycles. The fourth-order valence-corrected chi connectivity index (χ4v) is 2.83. The van der Waals surface area contributed by atoms with Crippen molar-refractivity contribution in [3.05, 3.63) is 0 Å². The summed E-state index contributed by atoms with van der Waals surface area (Å²) in [4.78, 5) is 11.4. The second-order valence-corrected chi connectivity index (χ2v) is 5.03. The summed E-state index contributed by atoms with van der Waals surface area (Å²) in [5.41, 5.74) is -0.0148. The summed E-state index contributed by atoms with van der Waals surface area (Å²) in [6.07, 6.45) is 2.93. The second kappa shape index (κ2) is 3.54. The maximum absolute atomic E-state index is 11.4. The van der Waals surface area contributed by atoms with Crippen molar-refractivity contribution in [1.29, 1.82) is 0 Å². The third-order valence-corrected chi connectivity index (χ3v) is 3.63. The molecule has 0 aromatic rings. The quantitative estimate of drug-likeness (QED) is 0.688. The van der Waals surface area contributed by atoms with Gasteiger partial charge in [-0.3, -0.25) is 4.79 Å². The van der Waals surface area contributed by atoms with Gasteiger partial charge in [-0.15, -0.1) is 0 Å². The molecule has 1 unspecified atom stereocenters. The average molecular weight is 197 g/mol. The minimum atomic E-state index is -0.0148. The molecule has 2 aliphatic heterocycles. The lowest BCUT2D eigenvalue weighted by Crippen LogP contribution is -2.43. The molecule has 3 heteroatoms. The Morgan fingerprint density at radius 2 is 2.00 bits per heavy atom. The zero-order chi connectivity index (χ0) is 10.2. The smallest absolute Gasteiger partial charge is 0.220 e. The van der Waals surface area contributed by atoms with E-state index in [1.54, 1.807) is 0 Å². The number of carbonyl (C=O) groups excluding carboxylic acids is 1. The third-order valence-electron chi connectivity index (χ3n) is 3.63. The maximum Gasteiger partial charge on any atom is 0.220 e. The molecule has 0 bridgehead atoms. The summed E-state index contributed by atoms with van der Waals surface area (Å²) in [5, 5.41) is 3.06. The largest absolute Gasteiger partial charge is 0.381 e. The van der Waals surface area contributed by atoms with Crippen LogP contribution in [0, 0.1) is 11.8 Å². The molecule has 0 aromatic carbocycles. The first-order valence-electron chi connectivity index (χ1n) is 5.48. The van der Waals surface area contributed by atoms with E-state index in [1.165, 1.54) is 0 Å². The molecule has 14 heavy (non-hydrogen) atoms. The van der Waals surface area contributed by atoms with E-state index in [2.05, 4.69) is 19.2 Å². The number of carbonyl (C=O) groups is 1. The Labute approximate surface area is 85.2 Å². The Hall–Kier alpha value is -0.570. The van der Waals surface area contributed by atoms with Crippen molar-refractivity contribution in [1.82, 2.24) is 5.32 Å². The highest BCUT2D eigenvalue weighted by atomic mass is 16.5. The van der Waals surface area contributed by atoms with Crippen molar-refractivity contribution in [2.45, 2.75) is 38.6 Å². The molecule has 80 valence electrons. The highest BCUT2D eigenvalue weighted by Crippen LogP contribution is 2.37. The number of amides is 1. The number of nitrogens with one attached hydrogen (secondary N) is 1. The minimum Gasteiger partial charge on any atom is -0.381 e. The van der Waals surface area contributed by atoms with Gasteiger partial charge in [0.15, 0.2) is 0 Å². The lowest BCUT2D eigenvalue weighted by Gasteiger charge is -2.35. The highest BCUT2D eigenvalue weighted by molar-refractivity contribution is 5.79. The number of rotatable bonds is 1. The van der Waals surface area contributed by atoms with E-state index in [-0.39, 0.29) is 11.4 Å².